The van der Waals surface area contributed by atoms with Gasteiger partial charge in [-0.25, -0.2) is 4.39 Å². The predicted octanol–water partition coefficient (Wildman–Crippen LogP) is 2.77. The van der Waals surface area contributed by atoms with Crippen LogP contribution in [0, 0.1) is 5.82 Å². The number of benzene rings is 1. The van der Waals surface area contributed by atoms with Gasteiger partial charge in [0.15, 0.2) is 0 Å². The van der Waals surface area contributed by atoms with Gasteiger partial charge in [-0.15, -0.1) is 0 Å². The SMILES string of the molecule is N[C@@H]1CCCN(c2ccc(C(F)(F)F)c(F)c2)C1. The molecular weight excluding hydrogens is 248 g/mol. The lowest BCUT2D eigenvalue weighted by Gasteiger charge is -2.32. The van der Waals surface area contributed by atoms with Crippen molar-refractivity contribution in [2.75, 3.05) is 18.0 Å². The molecule has 0 amide bonds. The fraction of sp³-hybridized carbons (Fsp3) is 0.500. The molecule has 1 atom stereocenters. The average Bonchev–Trinajstić information content (AvgIpc) is 2.27. The van der Waals surface area contributed by atoms with E-state index in [9.17, 15) is 17.6 Å². The second kappa shape index (κ2) is 4.76. The molecule has 1 aliphatic rings. The minimum Gasteiger partial charge on any atom is -0.370 e. The molecule has 18 heavy (non-hydrogen) atoms. The van der Waals surface area contributed by atoms with Gasteiger partial charge in [0.05, 0.1) is 5.56 Å². The summed E-state index contributed by atoms with van der Waals surface area (Å²) in [6, 6.07) is 3.00. The highest BCUT2D eigenvalue weighted by Gasteiger charge is 2.34. The van der Waals surface area contributed by atoms with Crippen molar-refractivity contribution in [1.29, 1.82) is 0 Å². The topological polar surface area (TPSA) is 29.3 Å². The fourth-order valence-electron chi connectivity index (χ4n) is 2.18. The molecule has 0 aromatic heterocycles. The van der Waals surface area contributed by atoms with Crippen LogP contribution in [0.4, 0.5) is 23.2 Å². The number of rotatable bonds is 1. The van der Waals surface area contributed by atoms with Gasteiger partial charge in [-0.05, 0) is 31.0 Å². The quantitative estimate of drug-likeness (QED) is 0.788. The largest absolute Gasteiger partial charge is 0.419 e. The molecule has 0 spiro atoms. The molecule has 0 bridgehead atoms. The van der Waals surface area contributed by atoms with Crippen LogP contribution in [0.2, 0.25) is 0 Å². The van der Waals surface area contributed by atoms with Gasteiger partial charge in [0.1, 0.15) is 5.82 Å². The van der Waals surface area contributed by atoms with Crippen molar-refractivity contribution in [3.05, 3.63) is 29.6 Å². The Kier molecular flexibility index (Phi) is 3.47. The molecule has 1 saturated heterocycles. The molecule has 1 aromatic rings. The first kappa shape index (κ1) is 13.1. The molecule has 2 rings (SSSR count). The van der Waals surface area contributed by atoms with Crippen LogP contribution >= 0.6 is 0 Å². The maximum Gasteiger partial charge on any atom is 0.419 e. The summed E-state index contributed by atoms with van der Waals surface area (Å²) in [7, 11) is 0. The molecule has 1 fully saturated rings. The lowest BCUT2D eigenvalue weighted by molar-refractivity contribution is -0.139. The third kappa shape index (κ3) is 2.75. The van der Waals surface area contributed by atoms with Gasteiger partial charge in [0.2, 0.25) is 0 Å². The van der Waals surface area contributed by atoms with Crippen LogP contribution in [0.3, 0.4) is 0 Å². The molecule has 6 heteroatoms. The van der Waals surface area contributed by atoms with E-state index in [1.165, 1.54) is 6.07 Å². The lowest BCUT2D eigenvalue weighted by Crippen LogP contribution is -2.42. The summed E-state index contributed by atoms with van der Waals surface area (Å²) in [6.07, 6.45) is -2.90. The summed E-state index contributed by atoms with van der Waals surface area (Å²) in [6.45, 7) is 1.24. The first-order valence-corrected chi connectivity index (χ1v) is 5.75. The van der Waals surface area contributed by atoms with E-state index < -0.39 is 17.6 Å². The van der Waals surface area contributed by atoms with Crippen LogP contribution < -0.4 is 10.6 Å². The summed E-state index contributed by atoms with van der Waals surface area (Å²) in [5.41, 5.74) is 5.01. The normalized spacial score (nSPS) is 21.2. The second-order valence-corrected chi connectivity index (χ2v) is 4.51. The van der Waals surface area contributed by atoms with Crippen molar-refractivity contribution in [2.24, 2.45) is 5.73 Å². The molecule has 2 N–H and O–H groups in total. The van der Waals surface area contributed by atoms with E-state index in [1.807, 2.05) is 4.90 Å². The zero-order valence-electron chi connectivity index (χ0n) is 9.67. The Balaban J connectivity index is 2.23. The highest BCUT2D eigenvalue weighted by atomic mass is 19.4. The minimum atomic E-state index is -4.65. The number of nitrogens with zero attached hydrogens (tertiary/aromatic N) is 1. The minimum absolute atomic E-state index is 0.0101. The van der Waals surface area contributed by atoms with Crippen molar-refractivity contribution in [3.63, 3.8) is 0 Å². The Labute approximate surface area is 102 Å². The van der Waals surface area contributed by atoms with Gasteiger partial charge in [-0.1, -0.05) is 0 Å². The highest BCUT2D eigenvalue weighted by molar-refractivity contribution is 5.49. The van der Waals surface area contributed by atoms with Crippen LogP contribution in [-0.4, -0.2) is 19.1 Å². The first-order chi connectivity index (χ1) is 8.38. The molecule has 0 radical (unpaired) electrons. The van der Waals surface area contributed by atoms with Crippen molar-refractivity contribution in [2.45, 2.75) is 25.1 Å². The number of alkyl halides is 3. The van der Waals surface area contributed by atoms with E-state index in [4.69, 9.17) is 5.73 Å². The molecular formula is C12H14F4N2. The molecule has 2 nitrogen and oxygen atoms in total. The van der Waals surface area contributed by atoms with Crippen LogP contribution in [0.25, 0.3) is 0 Å². The second-order valence-electron chi connectivity index (χ2n) is 4.51. The number of halogens is 4. The van der Waals surface area contributed by atoms with Crippen molar-refractivity contribution < 1.29 is 17.6 Å². The smallest absolute Gasteiger partial charge is 0.370 e. The Morgan fingerprint density at radius 2 is 2.00 bits per heavy atom. The number of piperidine rings is 1. The number of anilines is 1. The maximum atomic E-state index is 13.4. The van der Waals surface area contributed by atoms with E-state index >= 15 is 0 Å². The number of hydrogen-bond donors (Lipinski definition) is 1. The fourth-order valence-corrected chi connectivity index (χ4v) is 2.18. The highest BCUT2D eigenvalue weighted by Crippen LogP contribution is 2.33. The van der Waals surface area contributed by atoms with Gasteiger partial charge in [0, 0.05) is 24.8 Å². The maximum absolute atomic E-state index is 13.4. The van der Waals surface area contributed by atoms with Gasteiger partial charge in [-0.2, -0.15) is 13.2 Å². The average molecular weight is 262 g/mol. The zero-order valence-corrected chi connectivity index (χ0v) is 9.67. The molecule has 0 saturated carbocycles. The summed E-state index contributed by atoms with van der Waals surface area (Å²) < 4.78 is 50.7. The summed E-state index contributed by atoms with van der Waals surface area (Å²) in [4.78, 5) is 1.82. The molecule has 1 aromatic carbocycles. The summed E-state index contributed by atoms with van der Waals surface area (Å²) in [5, 5.41) is 0. The molecule has 0 aliphatic carbocycles. The molecule has 1 aliphatic heterocycles. The first-order valence-electron chi connectivity index (χ1n) is 5.75. The van der Waals surface area contributed by atoms with Crippen molar-refractivity contribution in [1.82, 2.24) is 0 Å². The number of nitrogens with two attached hydrogens (primary N) is 1. The molecule has 1 heterocycles. The third-order valence-electron chi connectivity index (χ3n) is 3.08. The van der Waals surface area contributed by atoms with E-state index in [-0.39, 0.29) is 6.04 Å². The number of hydrogen-bond acceptors (Lipinski definition) is 2. The molecule has 100 valence electrons. The summed E-state index contributed by atoms with van der Waals surface area (Å²) >= 11 is 0. The van der Waals surface area contributed by atoms with Gasteiger partial charge in [0.25, 0.3) is 0 Å². The van der Waals surface area contributed by atoms with Crippen LogP contribution in [0.1, 0.15) is 18.4 Å². The van der Waals surface area contributed by atoms with E-state index in [1.54, 1.807) is 0 Å². The third-order valence-corrected chi connectivity index (χ3v) is 3.08. The van der Waals surface area contributed by atoms with E-state index in [2.05, 4.69) is 0 Å². The Morgan fingerprint density at radius 1 is 1.28 bits per heavy atom. The van der Waals surface area contributed by atoms with Gasteiger partial charge in [-0.3, -0.25) is 0 Å². The molecule has 0 unspecified atom stereocenters. The van der Waals surface area contributed by atoms with E-state index in [0.29, 0.717) is 18.8 Å². The van der Waals surface area contributed by atoms with Crippen molar-refractivity contribution >= 4 is 5.69 Å². The Bertz CT molecular complexity index is 431. The van der Waals surface area contributed by atoms with Gasteiger partial charge < -0.3 is 10.6 Å². The van der Waals surface area contributed by atoms with Crippen molar-refractivity contribution in [3.8, 4) is 0 Å². The Morgan fingerprint density at radius 3 is 2.56 bits per heavy atom. The van der Waals surface area contributed by atoms with Crippen LogP contribution in [0.15, 0.2) is 18.2 Å². The Hall–Kier alpha value is -1.30. The monoisotopic (exact) mass is 262 g/mol. The predicted molar refractivity (Wildman–Crippen MR) is 60.8 cm³/mol. The zero-order chi connectivity index (χ0) is 13.3. The summed E-state index contributed by atoms with van der Waals surface area (Å²) in [5.74, 6) is -1.24. The van der Waals surface area contributed by atoms with Crippen LogP contribution in [-0.2, 0) is 6.18 Å². The van der Waals surface area contributed by atoms with Crippen LogP contribution in [0.5, 0.6) is 0 Å². The standard InChI is InChI=1S/C12H14F4N2/c13-11-6-9(3-4-10(11)12(14,15)16)18-5-1-2-8(17)7-18/h3-4,6,8H,1-2,5,7,17H2/t8-/m1/s1. The van der Waals surface area contributed by atoms with Gasteiger partial charge >= 0.3 is 6.18 Å². The van der Waals surface area contributed by atoms with E-state index in [0.717, 1.165) is 25.0 Å². The lowest BCUT2D eigenvalue weighted by atomic mass is 10.1.